The lowest BCUT2D eigenvalue weighted by atomic mass is 10.1. The van der Waals surface area contributed by atoms with E-state index in [0.29, 0.717) is 47.2 Å². The second-order valence-electron chi connectivity index (χ2n) is 9.17. The molecule has 4 aromatic rings. The number of carbonyl (C=O) groups is 1. The first-order valence-corrected chi connectivity index (χ1v) is 15.4. The first-order chi connectivity index (χ1) is 21.0. The Morgan fingerprint density at radius 2 is 1.91 bits per heavy atom. The lowest BCUT2D eigenvalue weighted by molar-refractivity contribution is -0.137. The van der Waals surface area contributed by atoms with E-state index in [0.717, 1.165) is 5.56 Å². The van der Waals surface area contributed by atoms with Gasteiger partial charge in [-0.3, -0.25) is 9.48 Å². The number of pyridine rings is 1. The van der Waals surface area contributed by atoms with Crippen molar-refractivity contribution in [3.05, 3.63) is 70.2 Å². The number of aliphatic hydroxyl groups excluding tert-OH is 1. The molecule has 1 aromatic carbocycles. The van der Waals surface area contributed by atoms with E-state index in [-0.39, 0.29) is 30.1 Å². The minimum absolute atomic E-state index is 0.00312. The maximum absolute atomic E-state index is 14.0. The number of anilines is 4. The van der Waals surface area contributed by atoms with Crippen LogP contribution in [-0.4, -0.2) is 56.0 Å². The number of nitrogens with one attached hydrogen (secondary N) is 3. The summed E-state index contributed by atoms with van der Waals surface area (Å²) in [4.78, 5) is 25.0. The zero-order valence-electron chi connectivity index (χ0n) is 23.5. The third-order valence-electron chi connectivity index (χ3n) is 6.02. The molecule has 4 N–H and O–H groups in total. The predicted molar refractivity (Wildman–Crippen MR) is 161 cm³/mol. The van der Waals surface area contributed by atoms with Gasteiger partial charge in [0.15, 0.2) is 5.69 Å². The molecule has 1 unspecified atom stereocenters. The third-order valence-corrected chi connectivity index (χ3v) is 7.85. The number of hydrogen-bond donors (Lipinski definition) is 4. The quantitative estimate of drug-likeness (QED) is 0.122. The standard InChI is InChI=1S/C27H27BrF3N8O4P/c1-3-43-44(42)15-16-5-6-21(19(28)11-16)37-26-33-13-18(27(29,30)31)24(38-26)36-22-8-7-20(35-23(22)25(41)32-2)17-12-34-39(14-17)9-4-10-40/h5-8,11-14,40H,3-4,9-10,15H2,1-2H3,(H2-,32,33,36,37,38,41)/p+1. The monoisotopic (exact) mass is 695 g/mol. The Labute approximate surface area is 259 Å². The molecule has 3 aromatic heterocycles. The van der Waals surface area contributed by atoms with Gasteiger partial charge in [-0.1, -0.05) is 6.07 Å². The van der Waals surface area contributed by atoms with Crippen molar-refractivity contribution in [3.63, 3.8) is 0 Å². The second-order valence-corrected chi connectivity index (χ2v) is 11.3. The zero-order chi connectivity index (χ0) is 31.9. The topological polar surface area (TPSA) is 156 Å². The van der Waals surface area contributed by atoms with Crippen LogP contribution >= 0.6 is 24.0 Å². The summed E-state index contributed by atoms with van der Waals surface area (Å²) in [6.45, 7) is 2.53. The molecule has 4 rings (SSSR count). The molecule has 0 aliphatic carbocycles. The van der Waals surface area contributed by atoms with E-state index in [1.807, 2.05) is 0 Å². The Morgan fingerprint density at radius 1 is 1.14 bits per heavy atom. The van der Waals surface area contributed by atoms with Gasteiger partial charge >= 0.3 is 14.2 Å². The lowest BCUT2D eigenvalue weighted by Gasteiger charge is -2.17. The number of hydrogen-bond acceptors (Lipinski definition) is 10. The van der Waals surface area contributed by atoms with E-state index < -0.39 is 31.5 Å². The van der Waals surface area contributed by atoms with Crippen LogP contribution in [0.3, 0.4) is 0 Å². The van der Waals surface area contributed by atoms with Crippen molar-refractivity contribution in [2.24, 2.45) is 0 Å². The highest BCUT2D eigenvalue weighted by atomic mass is 79.9. The first kappa shape index (κ1) is 32.9. The van der Waals surface area contributed by atoms with Crippen molar-refractivity contribution >= 4 is 53.0 Å². The molecule has 1 atom stereocenters. The van der Waals surface area contributed by atoms with Gasteiger partial charge in [0.1, 0.15) is 11.4 Å². The Morgan fingerprint density at radius 3 is 2.59 bits per heavy atom. The van der Waals surface area contributed by atoms with Crippen LogP contribution in [0.4, 0.5) is 36.3 Å². The van der Waals surface area contributed by atoms with Gasteiger partial charge in [0.25, 0.3) is 5.91 Å². The normalized spacial score (nSPS) is 11.8. The number of halogens is 4. The number of aliphatic hydroxyl groups is 1. The van der Waals surface area contributed by atoms with Gasteiger partial charge in [-0.25, -0.2) is 9.97 Å². The number of aromatic nitrogens is 5. The molecule has 0 aliphatic rings. The maximum Gasteiger partial charge on any atom is 0.512 e. The molecule has 0 radical (unpaired) electrons. The number of alkyl halides is 3. The summed E-state index contributed by atoms with van der Waals surface area (Å²) < 4.78 is 61.1. The SMILES string of the molecule is CCO[P+](=O)Cc1ccc(Nc2ncc(C(F)(F)F)c(Nc3ccc(-c4cnn(CCCO)c4)nc3C(=O)NC)n2)c(Br)c1. The van der Waals surface area contributed by atoms with Gasteiger partial charge in [-0.05, 0) is 58.1 Å². The molecule has 12 nitrogen and oxygen atoms in total. The molecule has 1 amide bonds. The van der Waals surface area contributed by atoms with E-state index in [9.17, 15) is 22.5 Å². The van der Waals surface area contributed by atoms with Crippen molar-refractivity contribution in [1.82, 2.24) is 30.0 Å². The van der Waals surface area contributed by atoms with E-state index >= 15 is 0 Å². The largest absolute Gasteiger partial charge is 0.512 e. The second kappa shape index (κ2) is 14.7. The zero-order valence-corrected chi connectivity index (χ0v) is 26.0. The third kappa shape index (κ3) is 8.34. The number of amides is 1. The fourth-order valence-corrected chi connectivity index (χ4v) is 5.35. The molecule has 0 fully saturated rings. The highest BCUT2D eigenvalue weighted by Crippen LogP contribution is 2.37. The highest BCUT2D eigenvalue weighted by molar-refractivity contribution is 9.10. The Balaban J connectivity index is 1.65. The van der Waals surface area contributed by atoms with Crippen LogP contribution in [0.2, 0.25) is 0 Å². The number of benzene rings is 1. The fourth-order valence-electron chi connectivity index (χ4n) is 3.95. The first-order valence-electron chi connectivity index (χ1n) is 13.2. The molecule has 44 heavy (non-hydrogen) atoms. The molecular weight excluding hydrogens is 668 g/mol. The molecule has 17 heteroatoms. The van der Waals surface area contributed by atoms with Gasteiger partial charge in [0.05, 0.1) is 29.9 Å². The Bertz CT molecular complexity index is 1650. The number of rotatable bonds is 13. The summed E-state index contributed by atoms with van der Waals surface area (Å²) in [6, 6.07) is 8.00. The minimum atomic E-state index is -4.82. The van der Waals surface area contributed by atoms with Gasteiger partial charge in [-0.2, -0.15) is 23.3 Å². The van der Waals surface area contributed by atoms with Crippen LogP contribution in [0.1, 0.15) is 35.0 Å². The van der Waals surface area contributed by atoms with Crippen molar-refractivity contribution in [1.29, 1.82) is 0 Å². The van der Waals surface area contributed by atoms with Gasteiger partial charge in [0.2, 0.25) is 12.1 Å². The average molecular weight is 696 g/mol. The molecule has 0 spiro atoms. The summed E-state index contributed by atoms with van der Waals surface area (Å²) in [7, 11) is -0.499. The minimum Gasteiger partial charge on any atom is -0.396 e. The van der Waals surface area contributed by atoms with Crippen LogP contribution in [0.5, 0.6) is 0 Å². The molecule has 0 saturated carbocycles. The predicted octanol–water partition coefficient (Wildman–Crippen LogP) is 6.02. The molecule has 0 aliphatic heterocycles. The van der Waals surface area contributed by atoms with Crippen molar-refractivity contribution < 1.29 is 32.2 Å². The maximum atomic E-state index is 14.0. The Kier molecular flexibility index (Phi) is 11.0. The van der Waals surface area contributed by atoms with E-state index in [2.05, 4.69) is 51.9 Å². The summed E-state index contributed by atoms with van der Waals surface area (Å²) in [5.74, 6) is -1.40. The molecule has 3 heterocycles. The summed E-state index contributed by atoms with van der Waals surface area (Å²) in [5.41, 5.74) is 0.762. The van der Waals surface area contributed by atoms with Gasteiger partial charge in [-0.15, -0.1) is 4.52 Å². The number of carbonyl (C=O) groups excluding carboxylic acids is 1. The highest BCUT2D eigenvalue weighted by Gasteiger charge is 2.36. The Hall–Kier alpha value is -3.98. The van der Waals surface area contributed by atoms with Crippen LogP contribution < -0.4 is 16.0 Å². The molecular formula is C27H28BrF3N8O4P+. The van der Waals surface area contributed by atoms with Crippen LogP contribution in [0, 0.1) is 0 Å². The van der Waals surface area contributed by atoms with Crippen molar-refractivity contribution in [2.45, 2.75) is 32.2 Å². The summed E-state index contributed by atoms with van der Waals surface area (Å²) in [5, 5.41) is 21.2. The molecule has 232 valence electrons. The fraction of sp³-hybridized carbons (Fsp3) is 0.296. The molecule has 0 bridgehead atoms. The van der Waals surface area contributed by atoms with E-state index in [1.54, 1.807) is 36.0 Å². The average Bonchev–Trinajstić information content (AvgIpc) is 3.46. The van der Waals surface area contributed by atoms with E-state index in [1.165, 1.54) is 25.4 Å². The van der Waals surface area contributed by atoms with Crippen LogP contribution in [0.25, 0.3) is 11.3 Å². The van der Waals surface area contributed by atoms with Crippen molar-refractivity contribution in [3.8, 4) is 11.3 Å². The lowest BCUT2D eigenvalue weighted by Crippen LogP contribution is -2.21. The molecule has 0 saturated heterocycles. The summed E-state index contributed by atoms with van der Waals surface area (Å²) >= 11 is 3.41. The number of nitrogens with zero attached hydrogens (tertiary/aromatic N) is 5. The van der Waals surface area contributed by atoms with E-state index in [4.69, 9.17) is 9.63 Å². The van der Waals surface area contributed by atoms with Gasteiger partial charge < -0.3 is 21.1 Å². The van der Waals surface area contributed by atoms with Crippen LogP contribution in [-0.2, 0) is 28.0 Å². The number of aryl methyl sites for hydroxylation is 1. The smallest absolute Gasteiger partial charge is 0.396 e. The van der Waals surface area contributed by atoms with Crippen molar-refractivity contribution in [2.75, 3.05) is 30.9 Å². The van der Waals surface area contributed by atoms with Gasteiger partial charge in [0, 0.05) is 48.2 Å². The van der Waals surface area contributed by atoms with Crippen LogP contribution in [0.15, 0.2) is 53.4 Å². The summed E-state index contributed by atoms with van der Waals surface area (Å²) in [6.07, 6.45) is -0.268.